The summed E-state index contributed by atoms with van der Waals surface area (Å²) in [6, 6.07) is 4.04. The molecule has 0 spiro atoms. The summed E-state index contributed by atoms with van der Waals surface area (Å²) in [5.41, 5.74) is 0.634. The summed E-state index contributed by atoms with van der Waals surface area (Å²) >= 11 is 0.764. The van der Waals surface area contributed by atoms with Gasteiger partial charge in [0.1, 0.15) is 12.6 Å². The van der Waals surface area contributed by atoms with Gasteiger partial charge in [-0.1, -0.05) is 12.0 Å². The maximum Gasteiger partial charge on any atom is 0.329 e. The first-order valence-electron chi connectivity index (χ1n) is 8.10. The lowest BCUT2D eigenvalue weighted by Gasteiger charge is -2.19. The number of imide groups is 1. The molecule has 8 heteroatoms. The number of benzene rings is 1. The number of amides is 2. The molecule has 0 radical (unpaired) electrons. The van der Waals surface area contributed by atoms with Gasteiger partial charge in [0.2, 0.25) is 0 Å². The zero-order valence-electron chi connectivity index (χ0n) is 15.2. The minimum atomic E-state index is -0.988. The standard InChI is InChI=1S/C19H19NO6S/c1-5-9-26-14-8-7-13(10-15(14)24-4)11-16-17(21)20(19(23)27-16)12(3)18(22)25-6-2/h1,7-8,10-12H,6,9H2,2-4H3/b16-11+/t12-/m0/s1. The Morgan fingerprint density at radius 3 is 2.74 bits per heavy atom. The van der Waals surface area contributed by atoms with Crippen molar-refractivity contribution >= 4 is 35.0 Å². The number of hydrogen-bond donors (Lipinski definition) is 0. The summed E-state index contributed by atoms with van der Waals surface area (Å²) in [5, 5.41) is -0.521. The average Bonchev–Trinajstić information content (AvgIpc) is 2.93. The lowest BCUT2D eigenvalue weighted by atomic mass is 10.1. The largest absolute Gasteiger partial charge is 0.493 e. The lowest BCUT2D eigenvalue weighted by Crippen LogP contribution is -2.42. The fourth-order valence-electron chi connectivity index (χ4n) is 2.35. The summed E-state index contributed by atoms with van der Waals surface area (Å²) in [6.45, 7) is 3.38. The minimum absolute atomic E-state index is 0.0976. The van der Waals surface area contributed by atoms with Gasteiger partial charge in [0.15, 0.2) is 11.5 Å². The van der Waals surface area contributed by atoms with E-state index in [1.807, 2.05) is 0 Å². The number of esters is 1. The van der Waals surface area contributed by atoms with Crippen LogP contribution in [0.2, 0.25) is 0 Å². The highest BCUT2D eigenvalue weighted by Crippen LogP contribution is 2.35. The first-order valence-corrected chi connectivity index (χ1v) is 8.92. The van der Waals surface area contributed by atoms with Gasteiger partial charge in [-0.3, -0.25) is 14.5 Å². The topological polar surface area (TPSA) is 82.1 Å². The van der Waals surface area contributed by atoms with Crippen molar-refractivity contribution in [2.45, 2.75) is 19.9 Å². The molecule has 1 aromatic carbocycles. The predicted octanol–water partition coefficient (Wildman–Crippen LogP) is 2.70. The fourth-order valence-corrected chi connectivity index (χ4v) is 3.25. The number of rotatable bonds is 7. The Labute approximate surface area is 161 Å². The molecule has 7 nitrogen and oxygen atoms in total. The summed E-state index contributed by atoms with van der Waals surface area (Å²) in [5.74, 6) is 2.11. The highest BCUT2D eigenvalue weighted by molar-refractivity contribution is 8.18. The molecular weight excluding hydrogens is 370 g/mol. The van der Waals surface area contributed by atoms with Gasteiger partial charge in [0, 0.05) is 0 Å². The second-order valence-electron chi connectivity index (χ2n) is 5.38. The van der Waals surface area contributed by atoms with Crippen LogP contribution in [0.5, 0.6) is 11.5 Å². The van der Waals surface area contributed by atoms with Crippen molar-refractivity contribution < 1.29 is 28.6 Å². The van der Waals surface area contributed by atoms with Crippen LogP contribution in [-0.2, 0) is 14.3 Å². The van der Waals surface area contributed by atoms with Gasteiger partial charge < -0.3 is 14.2 Å². The molecule has 0 aromatic heterocycles. The van der Waals surface area contributed by atoms with Crippen LogP contribution in [0.25, 0.3) is 6.08 Å². The lowest BCUT2D eigenvalue weighted by molar-refractivity contribution is -0.150. The van der Waals surface area contributed by atoms with E-state index in [2.05, 4.69) is 5.92 Å². The zero-order valence-corrected chi connectivity index (χ0v) is 16.0. The number of nitrogens with zero attached hydrogens (tertiary/aromatic N) is 1. The van der Waals surface area contributed by atoms with Crippen LogP contribution >= 0.6 is 11.8 Å². The third kappa shape index (κ3) is 4.63. The average molecular weight is 389 g/mol. The first kappa shape index (κ1) is 20.4. The number of carbonyl (C=O) groups is 3. The van der Waals surface area contributed by atoms with Gasteiger partial charge in [-0.2, -0.15) is 0 Å². The number of thioether (sulfide) groups is 1. The minimum Gasteiger partial charge on any atom is -0.493 e. The quantitative estimate of drug-likeness (QED) is 0.403. The summed E-state index contributed by atoms with van der Waals surface area (Å²) in [6.07, 6.45) is 6.73. The van der Waals surface area contributed by atoms with E-state index >= 15 is 0 Å². The zero-order chi connectivity index (χ0) is 20.0. The van der Waals surface area contributed by atoms with E-state index in [0.29, 0.717) is 17.1 Å². The van der Waals surface area contributed by atoms with Gasteiger partial charge in [0.25, 0.3) is 11.1 Å². The molecule has 1 aromatic rings. The molecule has 27 heavy (non-hydrogen) atoms. The summed E-state index contributed by atoms with van der Waals surface area (Å²) in [7, 11) is 1.48. The predicted molar refractivity (Wildman–Crippen MR) is 101 cm³/mol. The van der Waals surface area contributed by atoms with Crippen LogP contribution in [-0.4, -0.2) is 48.4 Å². The monoisotopic (exact) mass is 389 g/mol. The van der Waals surface area contributed by atoms with Gasteiger partial charge in [-0.25, -0.2) is 4.79 Å². The van der Waals surface area contributed by atoms with E-state index in [9.17, 15) is 14.4 Å². The van der Waals surface area contributed by atoms with Crippen LogP contribution < -0.4 is 9.47 Å². The van der Waals surface area contributed by atoms with Crippen LogP contribution in [0.4, 0.5) is 4.79 Å². The Hall–Kier alpha value is -2.92. The van der Waals surface area contributed by atoms with E-state index in [1.54, 1.807) is 31.2 Å². The molecule has 142 valence electrons. The fraction of sp³-hybridized carbons (Fsp3) is 0.316. The summed E-state index contributed by atoms with van der Waals surface area (Å²) < 4.78 is 15.5. The van der Waals surface area contributed by atoms with Crippen LogP contribution in [0.1, 0.15) is 19.4 Å². The maximum atomic E-state index is 12.6. The van der Waals surface area contributed by atoms with E-state index in [1.165, 1.54) is 14.0 Å². The normalized spacial score (nSPS) is 16.2. The highest BCUT2D eigenvalue weighted by Gasteiger charge is 2.41. The molecule has 1 aliphatic rings. The Bertz CT molecular complexity index is 826. The van der Waals surface area contributed by atoms with Gasteiger partial charge >= 0.3 is 5.97 Å². The summed E-state index contributed by atoms with van der Waals surface area (Å²) in [4.78, 5) is 37.7. The third-order valence-corrected chi connectivity index (χ3v) is 4.52. The molecule has 1 saturated heterocycles. The number of carbonyl (C=O) groups excluding carboxylic acids is 3. The van der Waals surface area contributed by atoms with Crippen molar-refractivity contribution in [3.05, 3.63) is 28.7 Å². The van der Waals surface area contributed by atoms with Crippen molar-refractivity contribution in [1.29, 1.82) is 0 Å². The molecule has 0 aliphatic carbocycles. The van der Waals surface area contributed by atoms with Crippen molar-refractivity contribution in [2.24, 2.45) is 0 Å². The Kier molecular flexibility index (Phi) is 6.91. The Morgan fingerprint density at radius 2 is 2.11 bits per heavy atom. The molecule has 1 fully saturated rings. The maximum absolute atomic E-state index is 12.6. The Balaban J connectivity index is 2.25. The van der Waals surface area contributed by atoms with E-state index in [0.717, 1.165) is 16.7 Å². The third-order valence-electron chi connectivity index (χ3n) is 3.64. The van der Waals surface area contributed by atoms with Gasteiger partial charge in [-0.05, 0) is 49.4 Å². The molecular formula is C19H19NO6S. The molecule has 0 saturated carbocycles. The van der Waals surface area contributed by atoms with Crippen LogP contribution in [0.3, 0.4) is 0 Å². The Morgan fingerprint density at radius 1 is 1.37 bits per heavy atom. The SMILES string of the molecule is C#CCOc1ccc(/C=C2/SC(=O)N([C@@H](C)C(=O)OCC)C2=O)cc1OC. The number of terminal acetylenes is 1. The van der Waals surface area contributed by atoms with Gasteiger partial charge in [-0.15, -0.1) is 6.42 Å². The first-order chi connectivity index (χ1) is 12.9. The van der Waals surface area contributed by atoms with E-state index < -0.39 is 23.2 Å². The second kappa shape index (κ2) is 9.14. The molecule has 0 bridgehead atoms. The number of methoxy groups -OCH3 is 1. The van der Waals surface area contributed by atoms with Crippen LogP contribution in [0, 0.1) is 12.3 Å². The molecule has 1 atom stereocenters. The van der Waals surface area contributed by atoms with Crippen molar-refractivity contribution in [3.63, 3.8) is 0 Å². The molecule has 2 rings (SSSR count). The number of hydrogen-bond acceptors (Lipinski definition) is 7. The van der Waals surface area contributed by atoms with Crippen molar-refractivity contribution in [2.75, 3.05) is 20.3 Å². The van der Waals surface area contributed by atoms with E-state index in [4.69, 9.17) is 20.6 Å². The van der Waals surface area contributed by atoms with Crippen molar-refractivity contribution in [1.82, 2.24) is 4.90 Å². The van der Waals surface area contributed by atoms with Gasteiger partial charge in [0.05, 0.1) is 18.6 Å². The molecule has 2 amide bonds. The number of ether oxygens (including phenoxy) is 3. The molecule has 0 N–H and O–H groups in total. The van der Waals surface area contributed by atoms with Crippen LogP contribution in [0.15, 0.2) is 23.1 Å². The molecule has 0 unspecified atom stereocenters. The molecule has 1 heterocycles. The van der Waals surface area contributed by atoms with Crippen molar-refractivity contribution in [3.8, 4) is 23.8 Å². The highest BCUT2D eigenvalue weighted by atomic mass is 32.2. The van der Waals surface area contributed by atoms with E-state index in [-0.39, 0.29) is 18.1 Å². The smallest absolute Gasteiger partial charge is 0.329 e. The second-order valence-corrected chi connectivity index (χ2v) is 6.38. The molecule has 1 aliphatic heterocycles.